The van der Waals surface area contributed by atoms with E-state index in [9.17, 15) is 9.59 Å². The third kappa shape index (κ3) is 9.25. The average molecular weight is 330 g/mol. The molecule has 0 bridgehead atoms. The van der Waals surface area contributed by atoms with E-state index in [4.69, 9.17) is 4.74 Å². The quantitative estimate of drug-likeness (QED) is 0.835. The number of rotatable bonds is 4. The van der Waals surface area contributed by atoms with Gasteiger partial charge in [0.05, 0.1) is 0 Å². The molecule has 24 heavy (non-hydrogen) atoms. The SMILES string of the molecule is CC.CC.O=C(COC(=O)Nc1ccccc1)Nc1ccccc1. The lowest BCUT2D eigenvalue weighted by Gasteiger charge is -2.07. The van der Waals surface area contributed by atoms with Gasteiger partial charge < -0.3 is 10.1 Å². The normalized spacial score (nSPS) is 8.50. The molecule has 2 N–H and O–H groups in total. The summed E-state index contributed by atoms with van der Waals surface area (Å²) in [5, 5.41) is 5.14. The zero-order valence-corrected chi connectivity index (χ0v) is 14.7. The summed E-state index contributed by atoms with van der Waals surface area (Å²) in [5.74, 6) is -0.389. The highest BCUT2D eigenvalue weighted by atomic mass is 16.6. The van der Waals surface area contributed by atoms with Crippen molar-refractivity contribution in [2.24, 2.45) is 0 Å². The fourth-order valence-electron chi connectivity index (χ4n) is 1.53. The Hall–Kier alpha value is -2.82. The molecule has 130 valence electrons. The van der Waals surface area contributed by atoms with Crippen molar-refractivity contribution in [3.63, 3.8) is 0 Å². The first-order valence-electron chi connectivity index (χ1n) is 8.08. The molecule has 2 rings (SSSR count). The monoisotopic (exact) mass is 330 g/mol. The summed E-state index contributed by atoms with van der Waals surface area (Å²) < 4.78 is 4.82. The molecule has 0 unspecified atom stereocenters. The van der Waals surface area contributed by atoms with E-state index in [1.54, 1.807) is 48.5 Å². The van der Waals surface area contributed by atoms with Gasteiger partial charge in [0.25, 0.3) is 5.91 Å². The van der Waals surface area contributed by atoms with Crippen LogP contribution >= 0.6 is 0 Å². The molecule has 0 fully saturated rings. The highest BCUT2D eigenvalue weighted by Crippen LogP contribution is 2.06. The van der Waals surface area contributed by atoms with Crippen molar-refractivity contribution in [1.82, 2.24) is 0 Å². The van der Waals surface area contributed by atoms with Crippen LogP contribution in [0, 0.1) is 0 Å². The zero-order valence-electron chi connectivity index (χ0n) is 14.7. The van der Waals surface area contributed by atoms with E-state index in [1.165, 1.54) is 0 Å². The number of hydrogen-bond acceptors (Lipinski definition) is 3. The minimum Gasteiger partial charge on any atom is -0.439 e. The van der Waals surface area contributed by atoms with Gasteiger partial charge in [0, 0.05) is 11.4 Å². The molecule has 2 aromatic carbocycles. The molecule has 0 atom stereocenters. The van der Waals surface area contributed by atoms with Crippen molar-refractivity contribution in [3.8, 4) is 0 Å². The number of carbonyl (C=O) groups is 2. The summed E-state index contributed by atoms with van der Waals surface area (Å²) in [6, 6.07) is 17.8. The van der Waals surface area contributed by atoms with E-state index in [0.717, 1.165) is 0 Å². The van der Waals surface area contributed by atoms with Crippen molar-refractivity contribution in [3.05, 3.63) is 60.7 Å². The van der Waals surface area contributed by atoms with Crippen LogP contribution in [0.15, 0.2) is 60.7 Å². The molecule has 0 heterocycles. The number of nitrogens with one attached hydrogen (secondary N) is 2. The topological polar surface area (TPSA) is 67.4 Å². The van der Waals surface area contributed by atoms with Crippen LogP contribution in [0.3, 0.4) is 0 Å². The lowest BCUT2D eigenvalue weighted by atomic mass is 10.3. The van der Waals surface area contributed by atoms with Gasteiger partial charge in [-0.15, -0.1) is 0 Å². The number of ether oxygens (including phenoxy) is 1. The van der Waals surface area contributed by atoms with E-state index < -0.39 is 6.09 Å². The number of para-hydroxylation sites is 2. The second kappa shape index (κ2) is 13.8. The summed E-state index contributed by atoms with van der Waals surface area (Å²) in [6.07, 6.45) is -0.667. The molecule has 0 aliphatic carbocycles. The van der Waals surface area contributed by atoms with Crippen LogP contribution in [0.2, 0.25) is 0 Å². The fraction of sp³-hybridized carbons (Fsp3) is 0.263. The summed E-state index contributed by atoms with van der Waals surface area (Å²) in [5.41, 5.74) is 1.27. The smallest absolute Gasteiger partial charge is 0.412 e. The largest absolute Gasteiger partial charge is 0.439 e. The Balaban J connectivity index is 0.00000123. The van der Waals surface area contributed by atoms with Crippen LogP contribution in [0.5, 0.6) is 0 Å². The molecule has 2 aromatic rings. The molecule has 0 aliphatic heterocycles. The van der Waals surface area contributed by atoms with Crippen LogP contribution < -0.4 is 10.6 Å². The second-order valence-corrected chi connectivity index (χ2v) is 3.98. The van der Waals surface area contributed by atoms with Gasteiger partial charge in [0.2, 0.25) is 0 Å². The van der Waals surface area contributed by atoms with Gasteiger partial charge in [-0.1, -0.05) is 64.1 Å². The molecule has 5 heteroatoms. The minimum absolute atomic E-state index is 0.340. The van der Waals surface area contributed by atoms with Crippen molar-refractivity contribution >= 4 is 23.4 Å². The first-order valence-corrected chi connectivity index (χ1v) is 8.08. The van der Waals surface area contributed by atoms with Gasteiger partial charge in [-0.2, -0.15) is 0 Å². The maximum atomic E-state index is 11.6. The van der Waals surface area contributed by atoms with E-state index in [1.807, 2.05) is 39.8 Å². The van der Waals surface area contributed by atoms with Crippen LogP contribution in [-0.2, 0) is 9.53 Å². The summed E-state index contributed by atoms with van der Waals surface area (Å²) in [4.78, 5) is 23.0. The zero-order chi connectivity index (χ0) is 18.2. The fourth-order valence-corrected chi connectivity index (χ4v) is 1.53. The lowest BCUT2D eigenvalue weighted by Crippen LogP contribution is -2.23. The second-order valence-electron chi connectivity index (χ2n) is 3.98. The lowest BCUT2D eigenvalue weighted by molar-refractivity contribution is -0.118. The predicted octanol–water partition coefficient (Wildman–Crippen LogP) is 4.93. The van der Waals surface area contributed by atoms with Gasteiger partial charge in [-0.05, 0) is 24.3 Å². The molecular formula is C19H26N2O3. The van der Waals surface area contributed by atoms with Crippen molar-refractivity contribution in [2.45, 2.75) is 27.7 Å². The summed E-state index contributed by atoms with van der Waals surface area (Å²) in [6.45, 7) is 7.66. The Morgan fingerprint density at radius 1 is 0.750 bits per heavy atom. The van der Waals surface area contributed by atoms with Crippen molar-refractivity contribution in [1.29, 1.82) is 0 Å². The van der Waals surface area contributed by atoms with E-state index in [0.29, 0.717) is 11.4 Å². The molecule has 0 spiro atoms. The third-order valence-corrected chi connectivity index (χ3v) is 2.41. The van der Waals surface area contributed by atoms with E-state index in [2.05, 4.69) is 10.6 Å². The molecule has 0 radical (unpaired) electrons. The predicted molar refractivity (Wildman–Crippen MR) is 99.2 cm³/mol. The number of carbonyl (C=O) groups excluding carboxylic acids is 2. The molecular weight excluding hydrogens is 304 g/mol. The molecule has 5 nitrogen and oxygen atoms in total. The highest BCUT2D eigenvalue weighted by Gasteiger charge is 2.07. The molecule has 2 amide bonds. The first kappa shape index (κ1) is 21.2. The highest BCUT2D eigenvalue weighted by molar-refractivity contribution is 5.93. The number of hydrogen-bond donors (Lipinski definition) is 2. The molecule has 0 aliphatic rings. The Morgan fingerprint density at radius 2 is 1.17 bits per heavy atom. The van der Waals surface area contributed by atoms with Crippen LogP contribution in [0.1, 0.15) is 27.7 Å². The molecule has 0 saturated heterocycles. The summed E-state index contributed by atoms with van der Waals surface area (Å²) in [7, 11) is 0. The summed E-state index contributed by atoms with van der Waals surface area (Å²) >= 11 is 0. The Labute approximate surface area is 144 Å². The maximum Gasteiger partial charge on any atom is 0.412 e. The van der Waals surface area contributed by atoms with Gasteiger partial charge >= 0.3 is 6.09 Å². The molecule has 0 aromatic heterocycles. The minimum atomic E-state index is -0.667. The van der Waals surface area contributed by atoms with Gasteiger partial charge in [-0.3, -0.25) is 10.1 Å². The van der Waals surface area contributed by atoms with Crippen molar-refractivity contribution < 1.29 is 14.3 Å². The van der Waals surface area contributed by atoms with Crippen LogP contribution in [-0.4, -0.2) is 18.6 Å². The number of benzene rings is 2. The van der Waals surface area contributed by atoms with Crippen LogP contribution in [0.25, 0.3) is 0 Å². The standard InChI is InChI=1S/C15H14N2O3.2C2H6/c18-14(16-12-7-3-1-4-8-12)11-20-15(19)17-13-9-5-2-6-10-13;2*1-2/h1-10H,11H2,(H,16,18)(H,17,19);2*1-2H3. The Bertz CT molecular complexity index is 518. The maximum absolute atomic E-state index is 11.6. The van der Waals surface area contributed by atoms with E-state index >= 15 is 0 Å². The Kier molecular flexibility index (Phi) is 12.2. The van der Waals surface area contributed by atoms with Crippen LogP contribution in [0.4, 0.5) is 16.2 Å². The number of amides is 2. The molecule has 0 saturated carbocycles. The first-order chi connectivity index (χ1) is 11.7. The third-order valence-electron chi connectivity index (χ3n) is 2.41. The van der Waals surface area contributed by atoms with Gasteiger partial charge in [0.15, 0.2) is 6.61 Å². The Morgan fingerprint density at radius 3 is 1.62 bits per heavy atom. The average Bonchev–Trinajstić information content (AvgIpc) is 2.65. The van der Waals surface area contributed by atoms with Gasteiger partial charge in [-0.25, -0.2) is 4.79 Å². The van der Waals surface area contributed by atoms with Crippen molar-refractivity contribution in [2.75, 3.05) is 17.2 Å². The number of anilines is 2. The van der Waals surface area contributed by atoms with Gasteiger partial charge in [0.1, 0.15) is 0 Å². The van der Waals surface area contributed by atoms with E-state index in [-0.39, 0.29) is 12.5 Å².